The van der Waals surface area contributed by atoms with Crippen molar-refractivity contribution in [1.29, 1.82) is 0 Å². The van der Waals surface area contributed by atoms with Gasteiger partial charge in [-0.05, 0) is 38.0 Å². The minimum absolute atomic E-state index is 0.0760. The molecule has 0 atom stereocenters. The fraction of sp³-hybridized carbons (Fsp3) is 0.800. The van der Waals surface area contributed by atoms with E-state index in [0.717, 1.165) is 37.4 Å². The molecule has 19 heavy (non-hydrogen) atoms. The molecule has 0 aliphatic heterocycles. The Labute approximate surface area is 116 Å². The van der Waals surface area contributed by atoms with E-state index >= 15 is 0 Å². The molecule has 0 saturated heterocycles. The molecule has 4 heteroatoms. The van der Waals surface area contributed by atoms with Gasteiger partial charge in [0.25, 0.3) is 0 Å². The second-order valence-corrected chi connectivity index (χ2v) is 6.10. The van der Waals surface area contributed by atoms with E-state index in [4.69, 9.17) is 0 Å². The predicted octanol–water partition coefficient (Wildman–Crippen LogP) is 2.01. The molecule has 0 unspecified atom stereocenters. The normalized spacial score (nSPS) is 27.7. The van der Waals surface area contributed by atoms with Crippen LogP contribution in [0.2, 0.25) is 0 Å². The number of rotatable bonds is 5. The van der Waals surface area contributed by atoms with Gasteiger partial charge in [-0.25, -0.2) is 0 Å². The van der Waals surface area contributed by atoms with E-state index in [9.17, 15) is 5.11 Å². The molecule has 0 amide bonds. The number of aromatic nitrogens is 2. The van der Waals surface area contributed by atoms with Crippen molar-refractivity contribution in [3.63, 3.8) is 0 Å². The standard InChI is InChI=1S/C15H27N3O/c1-4-14-13(10-18(3)17-14)9-16-15(11-19)7-5-12(2)6-8-15/h10,12,16,19H,4-9,11H2,1-3H3. The molecule has 1 aromatic heterocycles. The van der Waals surface area contributed by atoms with Gasteiger partial charge in [0.1, 0.15) is 0 Å². The molecule has 0 spiro atoms. The van der Waals surface area contributed by atoms with Gasteiger partial charge in [-0.3, -0.25) is 4.68 Å². The molecule has 0 bridgehead atoms. The first kappa shape index (κ1) is 14.5. The summed E-state index contributed by atoms with van der Waals surface area (Å²) in [5.41, 5.74) is 2.34. The molecule has 4 nitrogen and oxygen atoms in total. The van der Waals surface area contributed by atoms with Crippen LogP contribution in [0.3, 0.4) is 0 Å². The Balaban J connectivity index is 1.99. The van der Waals surface area contributed by atoms with Crippen LogP contribution < -0.4 is 5.32 Å². The van der Waals surface area contributed by atoms with Crippen LogP contribution in [0, 0.1) is 5.92 Å². The lowest BCUT2D eigenvalue weighted by Gasteiger charge is -2.39. The van der Waals surface area contributed by atoms with Crippen LogP contribution in [0.4, 0.5) is 0 Å². The number of hydrogen-bond acceptors (Lipinski definition) is 3. The van der Waals surface area contributed by atoms with Crippen molar-refractivity contribution in [2.45, 2.75) is 58.0 Å². The number of aliphatic hydroxyl groups is 1. The van der Waals surface area contributed by atoms with Gasteiger partial charge in [0.05, 0.1) is 12.3 Å². The van der Waals surface area contributed by atoms with E-state index in [1.165, 1.54) is 18.4 Å². The highest BCUT2D eigenvalue weighted by atomic mass is 16.3. The Bertz CT molecular complexity index is 406. The SMILES string of the molecule is CCc1nn(C)cc1CNC1(CO)CCC(C)CC1. The predicted molar refractivity (Wildman–Crippen MR) is 76.9 cm³/mol. The van der Waals surface area contributed by atoms with Crippen molar-refractivity contribution in [2.75, 3.05) is 6.61 Å². The fourth-order valence-corrected chi connectivity index (χ4v) is 3.02. The molecule has 1 aliphatic rings. The highest BCUT2D eigenvalue weighted by Crippen LogP contribution is 2.31. The minimum Gasteiger partial charge on any atom is -0.394 e. The molecule has 1 aliphatic carbocycles. The summed E-state index contributed by atoms with van der Waals surface area (Å²) in [5.74, 6) is 0.797. The van der Waals surface area contributed by atoms with Crippen molar-refractivity contribution < 1.29 is 5.11 Å². The number of aliphatic hydroxyl groups excluding tert-OH is 1. The van der Waals surface area contributed by atoms with Crippen LogP contribution in [0.15, 0.2) is 6.20 Å². The highest BCUT2D eigenvalue weighted by Gasteiger charge is 2.33. The molecule has 1 fully saturated rings. The van der Waals surface area contributed by atoms with Crippen molar-refractivity contribution in [3.8, 4) is 0 Å². The Morgan fingerprint density at radius 3 is 2.74 bits per heavy atom. The molecule has 2 N–H and O–H groups in total. The minimum atomic E-state index is -0.0760. The average Bonchev–Trinajstić information content (AvgIpc) is 2.79. The summed E-state index contributed by atoms with van der Waals surface area (Å²) in [6.45, 7) is 5.49. The van der Waals surface area contributed by atoms with Gasteiger partial charge in [0.15, 0.2) is 0 Å². The number of nitrogens with zero attached hydrogens (tertiary/aromatic N) is 2. The van der Waals surface area contributed by atoms with E-state index in [1.54, 1.807) is 0 Å². The van der Waals surface area contributed by atoms with Gasteiger partial charge >= 0.3 is 0 Å². The molecule has 1 aromatic rings. The molecular formula is C15H27N3O. The van der Waals surface area contributed by atoms with Gasteiger partial charge in [-0.2, -0.15) is 5.10 Å². The van der Waals surface area contributed by atoms with Crippen LogP contribution in [-0.4, -0.2) is 27.0 Å². The Morgan fingerprint density at radius 1 is 1.47 bits per heavy atom. The summed E-state index contributed by atoms with van der Waals surface area (Å²) >= 11 is 0. The number of nitrogens with one attached hydrogen (secondary N) is 1. The largest absolute Gasteiger partial charge is 0.394 e. The van der Waals surface area contributed by atoms with Crippen molar-refractivity contribution in [2.24, 2.45) is 13.0 Å². The fourth-order valence-electron chi connectivity index (χ4n) is 3.02. The van der Waals surface area contributed by atoms with Crippen molar-refractivity contribution >= 4 is 0 Å². The third kappa shape index (κ3) is 3.37. The van der Waals surface area contributed by atoms with E-state index in [-0.39, 0.29) is 12.1 Å². The lowest BCUT2D eigenvalue weighted by Crippen LogP contribution is -2.50. The smallest absolute Gasteiger partial charge is 0.0666 e. The van der Waals surface area contributed by atoms with Crippen LogP contribution in [0.1, 0.15) is 50.8 Å². The molecule has 0 radical (unpaired) electrons. The van der Waals surface area contributed by atoms with Crippen molar-refractivity contribution in [1.82, 2.24) is 15.1 Å². The Morgan fingerprint density at radius 2 is 2.16 bits per heavy atom. The molecule has 1 saturated carbocycles. The topological polar surface area (TPSA) is 50.1 Å². The van der Waals surface area contributed by atoms with E-state index < -0.39 is 0 Å². The van der Waals surface area contributed by atoms with Crippen LogP contribution in [0.5, 0.6) is 0 Å². The molecule has 1 heterocycles. The molecule has 0 aromatic carbocycles. The van der Waals surface area contributed by atoms with Gasteiger partial charge in [0, 0.05) is 30.9 Å². The maximum Gasteiger partial charge on any atom is 0.0666 e. The van der Waals surface area contributed by atoms with E-state index in [2.05, 4.69) is 30.5 Å². The van der Waals surface area contributed by atoms with Crippen molar-refractivity contribution in [3.05, 3.63) is 17.5 Å². The van der Waals surface area contributed by atoms with Crippen LogP contribution in [0.25, 0.3) is 0 Å². The number of aryl methyl sites for hydroxylation is 2. The summed E-state index contributed by atoms with van der Waals surface area (Å²) in [5, 5.41) is 17.8. The first-order chi connectivity index (χ1) is 9.08. The Kier molecular flexibility index (Phi) is 4.63. The van der Waals surface area contributed by atoms with Gasteiger partial charge < -0.3 is 10.4 Å². The summed E-state index contributed by atoms with van der Waals surface area (Å²) in [4.78, 5) is 0. The quantitative estimate of drug-likeness (QED) is 0.856. The average molecular weight is 265 g/mol. The summed E-state index contributed by atoms with van der Waals surface area (Å²) < 4.78 is 1.88. The van der Waals surface area contributed by atoms with Crippen LogP contribution >= 0.6 is 0 Å². The summed E-state index contributed by atoms with van der Waals surface area (Å²) in [7, 11) is 1.97. The molecule has 2 rings (SSSR count). The molecule has 108 valence electrons. The highest BCUT2D eigenvalue weighted by molar-refractivity contribution is 5.17. The lowest BCUT2D eigenvalue weighted by molar-refractivity contribution is 0.104. The second-order valence-electron chi connectivity index (χ2n) is 6.10. The van der Waals surface area contributed by atoms with E-state index in [1.807, 2.05) is 11.7 Å². The van der Waals surface area contributed by atoms with Gasteiger partial charge in [-0.15, -0.1) is 0 Å². The summed E-state index contributed by atoms with van der Waals surface area (Å²) in [6, 6.07) is 0. The zero-order valence-electron chi connectivity index (χ0n) is 12.4. The second kappa shape index (κ2) is 6.06. The first-order valence-electron chi connectivity index (χ1n) is 7.46. The number of hydrogen-bond donors (Lipinski definition) is 2. The Hall–Kier alpha value is -0.870. The third-order valence-electron chi connectivity index (χ3n) is 4.51. The molecular weight excluding hydrogens is 238 g/mol. The lowest BCUT2D eigenvalue weighted by atomic mass is 9.77. The summed E-state index contributed by atoms with van der Waals surface area (Å²) in [6.07, 6.45) is 7.62. The van der Waals surface area contributed by atoms with Gasteiger partial charge in [-0.1, -0.05) is 13.8 Å². The third-order valence-corrected chi connectivity index (χ3v) is 4.51. The zero-order chi connectivity index (χ0) is 13.9. The van der Waals surface area contributed by atoms with Crippen LogP contribution in [-0.2, 0) is 20.0 Å². The van der Waals surface area contributed by atoms with E-state index in [0.29, 0.717) is 0 Å². The monoisotopic (exact) mass is 265 g/mol. The maximum atomic E-state index is 9.75. The maximum absolute atomic E-state index is 9.75. The first-order valence-corrected chi connectivity index (χ1v) is 7.46. The zero-order valence-corrected chi connectivity index (χ0v) is 12.4. The van der Waals surface area contributed by atoms with Gasteiger partial charge in [0.2, 0.25) is 0 Å².